The Hall–Kier alpha value is -1.54. The van der Waals surface area contributed by atoms with E-state index in [-0.39, 0.29) is 17.0 Å². The number of hydrogen-bond donors (Lipinski definition) is 1. The highest BCUT2D eigenvalue weighted by atomic mass is 32.2. The van der Waals surface area contributed by atoms with Crippen molar-refractivity contribution in [2.45, 2.75) is 52.3 Å². The molecule has 130 valence electrons. The van der Waals surface area contributed by atoms with E-state index in [4.69, 9.17) is 0 Å². The van der Waals surface area contributed by atoms with Crippen LogP contribution in [-0.2, 0) is 15.8 Å². The number of nitrogens with zero attached hydrogens (tertiary/aromatic N) is 1. The molecule has 0 aliphatic carbocycles. The van der Waals surface area contributed by atoms with Gasteiger partial charge in [-0.1, -0.05) is 46.2 Å². The summed E-state index contributed by atoms with van der Waals surface area (Å²) < 4.78 is 41.3. The quantitative estimate of drug-likeness (QED) is 0.605. The molecule has 0 aliphatic heterocycles. The predicted molar refractivity (Wildman–Crippen MR) is 87.0 cm³/mol. The van der Waals surface area contributed by atoms with Gasteiger partial charge in [-0.15, -0.1) is 0 Å². The number of halogens is 1. The van der Waals surface area contributed by atoms with E-state index >= 15 is 0 Å². The van der Waals surface area contributed by atoms with Gasteiger partial charge in [0.25, 0.3) is 0 Å². The molecule has 1 unspecified atom stereocenters. The minimum Gasteiger partial charge on any atom is -0.258 e. The van der Waals surface area contributed by atoms with Crippen LogP contribution in [-0.4, -0.2) is 19.4 Å². The number of hydrogen-bond acceptors (Lipinski definition) is 4. The van der Waals surface area contributed by atoms with Crippen molar-refractivity contribution in [2.24, 2.45) is 5.41 Å². The van der Waals surface area contributed by atoms with E-state index in [9.17, 15) is 22.9 Å². The fourth-order valence-corrected chi connectivity index (χ4v) is 3.86. The molecule has 0 heterocycles. The third kappa shape index (κ3) is 5.54. The lowest BCUT2D eigenvalue weighted by molar-refractivity contribution is -0.387. The van der Waals surface area contributed by atoms with E-state index in [1.54, 1.807) is 0 Å². The lowest BCUT2D eigenvalue weighted by atomic mass is 9.85. The van der Waals surface area contributed by atoms with Gasteiger partial charge < -0.3 is 0 Å². The molecule has 0 aliphatic rings. The van der Waals surface area contributed by atoms with Crippen LogP contribution in [0.3, 0.4) is 0 Å². The van der Waals surface area contributed by atoms with E-state index in [1.807, 2.05) is 27.7 Å². The SMILES string of the molecule is CCCC(NS(=O)(=O)Cc1cccc([N+](=O)[O-])c1F)C(C)(C)C. The Labute approximate surface area is 136 Å². The van der Waals surface area contributed by atoms with Crippen molar-refractivity contribution >= 4 is 15.7 Å². The van der Waals surface area contributed by atoms with Crippen molar-refractivity contribution in [3.63, 3.8) is 0 Å². The molecule has 0 amide bonds. The molecule has 0 saturated carbocycles. The Morgan fingerprint density at radius 2 is 1.96 bits per heavy atom. The molecule has 0 fully saturated rings. The smallest absolute Gasteiger partial charge is 0.258 e. The van der Waals surface area contributed by atoms with Crippen molar-refractivity contribution < 1.29 is 17.7 Å². The van der Waals surface area contributed by atoms with Gasteiger partial charge in [0.15, 0.2) is 0 Å². The Balaban J connectivity index is 3.03. The van der Waals surface area contributed by atoms with Gasteiger partial charge in [-0.05, 0) is 11.8 Å². The van der Waals surface area contributed by atoms with Gasteiger partial charge in [-0.2, -0.15) is 4.39 Å². The lowest BCUT2D eigenvalue weighted by Crippen LogP contribution is -2.44. The molecular formula is C15H23FN2O4S. The first kappa shape index (κ1) is 19.5. The van der Waals surface area contributed by atoms with Gasteiger partial charge in [-0.3, -0.25) is 10.1 Å². The molecule has 1 aromatic carbocycles. The molecule has 6 nitrogen and oxygen atoms in total. The van der Waals surface area contributed by atoms with Crippen LogP contribution >= 0.6 is 0 Å². The van der Waals surface area contributed by atoms with Crippen LogP contribution in [0.15, 0.2) is 18.2 Å². The van der Waals surface area contributed by atoms with Gasteiger partial charge in [-0.25, -0.2) is 13.1 Å². The second-order valence-corrected chi connectivity index (χ2v) is 8.35. The third-order valence-electron chi connectivity index (χ3n) is 3.55. The van der Waals surface area contributed by atoms with Gasteiger partial charge in [0, 0.05) is 17.7 Å². The molecule has 0 saturated heterocycles. The molecule has 1 N–H and O–H groups in total. The predicted octanol–water partition coefficient (Wildman–Crippen LogP) is 3.37. The highest BCUT2D eigenvalue weighted by Gasteiger charge is 2.29. The summed E-state index contributed by atoms with van der Waals surface area (Å²) in [7, 11) is -3.82. The molecule has 0 bridgehead atoms. The maximum absolute atomic E-state index is 14.0. The monoisotopic (exact) mass is 346 g/mol. The second-order valence-electron chi connectivity index (χ2n) is 6.59. The molecule has 23 heavy (non-hydrogen) atoms. The zero-order valence-corrected chi connectivity index (χ0v) is 14.6. The Morgan fingerprint density at radius 3 is 2.43 bits per heavy atom. The highest BCUT2D eigenvalue weighted by molar-refractivity contribution is 7.88. The summed E-state index contributed by atoms with van der Waals surface area (Å²) in [4.78, 5) is 9.87. The van der Waals surface area contributed by atoms with Crippen LogP contribution in [0.2, 0.25) is 0 Å². The van der Waals surface area contributed by atoms with Crippen LogP contribution in [0.4, 0.5) is 10.1 Å². The highest BCUT2D eigenvalue weighted by Crippen LogP contribution is 2.25. The van der Waals surface area contributed by atoms with Crippen LogP contribution in [0.25, 0.3) is 0 Å². The molecule has 1 rings (SSSR count). The van der Waals surface area contributed by atoms with Crippen LogP contribution < -0.4 is 4.72 Å². The van der Waals surface area contributed by atoms with Crippen LogP contribution in [0.1, 0.15) is 46.1 Å². The van der Waals surface area contributed by atoms with E-state index in [0.717, 1.165) is 12.5 Å². The number of benzene rings is 1. The maximum Gasteiger partial charge on any atom is 0.305 e. The Morgan fingerprint density at radius 1 is 1.35 bits per heavy atom. The minimum absolute atomic E-state index is 0.212. The zero-order chi connectivity index (χ0) is 17.8. The van der Waals surface area contributed by atoms with E-state index < -0.39 is 32.2 Å². The summed E-state index contributed by atoms with van der Waals surface area (Å²) in [5, 5.41) is 10.7. The van der Waals surface area contributed by atoms with Crippen molar-refractivity contribution in [3.8, 4) is 0 Å². The van der Waals surface area contributed by atoms with Crippen LogP contribution in [0.5, 0.6) is 0 Å². The average Bonchev–Trinajstić information content (AvgIpc) is 2.39. The fraction of sp³-hybridized carbons (Fsp3) is 0.600. The summed E-state index contributed by atoms with van der Waals surface area (Å²) >= 11 is 0. The van der Waals surface area contributed by atoms with E-state index in [2.05, 4.69) is 4.72 Å². The van der Waals surface area contributed by atoms with Crippen LogP contribution in [0, 0.1) is 21.3 Å². The summed E-state index contributed by atoms with van der Waals surface area (Å²) in [5.41, 5.74) is -1.22. The molecule has 1 atom stereocenters. The molecule has 0 radical (unpaired) electrons. The molecule has 1 aromatic rings. The lowest BCUT2D eigenvalue weighted by Gasteiger charge is -2.31. The minimum atomic E-state index is -3.82. The molecule has 0 aromatic heterocycles. The van der Waals surface area contributed by atoms with Crippen molar-refractivity contribution in [3.05, 3.63) is 39.7 Å². The van der Waals surface area contributed by atoms with Crippen molar-refractivity contribution in [2.75, 3.05) is 0 Å². The standard InChI is InChI=1S/C15H23FN2O4S/c1-5-7-13(15(2,3)4)17-23(21,22)10-11-8-6-9-12(14(11)16)18(19)20/h6,8-9,13,17H,5,7,10H2,1-4H3. The molecule has 0 spiro atoms. The number of nitrogens with one attached hydrogen (secondary N) is 1. The third-order valence-corrected chi connectivity index (χ3v) is 4.88. The summed E-state index contributed by atoms with van der Waals surface area (Å²) in [6.07, 6.45) is 1.45. The van der Waals surface area contributed by atoms with Crippen molar-refractivity contribution in [1.82, 2.24) is 4.72 Å². The zero-order valence-electron chi connectivity index (χ0n) is 13.8. The largest absolute Gasteiger partial charge is 0.305 e. The van der Waals surface area contributed by atoms with Gasteiger partial charge in [0.1, 0.15) is 0 Å². The Kier molecular flexibility index (Phi) is 6.24. The topological polar surface area (TPSA) is 89.3 Å². The second kappa shape index (κ2) is 7.35. The first-order valence-corrected chi connectivity index (χ1v) is 9.05. The number of rotatable bonds is 7. The van der Waals surface area contributed by atoms with E-state index in [1.165, 1.54) is 12.1 Å². The summed E-state index contributed by atoms with van der Waals surface area (Å²) in [6.45, 7) is 7.71. The molecule has 8 heteroatoms. The van der Waals surface area contributed by atoms with Gasteiger partial charge in [0.2, 0.25) is 15.8 Å². The Bertz CT molecular complexity index is 669. The maximum atomic E-state index is 14.0. The first-order valence-electron chi connectivity index (χ1n) is 7.39. The van der Waals surface area contributed by atoms with Gasteiger partial charge in [0.05, 0.1) is 10.7 Å². The summed E-state index contributed by atoms with van der Waals surface area (Å²) in [6, 6.07) is 3.24. The fourth-order valence-electron chi connectivity index (χ4n) is 2.24. The van der Waals surface area contributed by atoms with E-state index in [0.29, 0.717) is 6.42 Å². The number of nitro benzene ring substituents is 1. The van der Waals surface area contributed by atoms with Gasteiger partial charge >= 0.3 is 5.69 Å². The number of nitro groups is 1. The normalized spacial score (nSPS) is 13.8. The summed E-state index contributed by atoms with van der Waals surface area (Å²) in [5.74, 6) is -1.73. The average molecular weight is 346 g/mol. The van der Waals surface area contributed by atoms with Crippen molar-refractivity contribution in [1.29, 1.82) is 0 Å². The first-order chi connectivity index (χ1) is 10.5. The number of sulfonamides is 1. The molecular weight excluding hydrogens is 323 g/mol.